The van der Waals surface area contributed by atoms with Gasteiger partial charge in [-0.1, -0.05) is 17.2 Å². The van der Waals surface area contributed by atoms with Crippen LogP contribution in [0.5, 0.6) is 0 Å². The van der Waals surface area contributed by atoms with Crippen LogP contribution in [0.15, 0.2) is 29.8 Å². The number of anilines is 1. The fourth-order valence-electron chi connectivity index (χ4n) is 1.01. The van der Waals surface area contributed by atoms with Gasteiger partial charge < -0.3 is 5.32 Å². The molecule has 0 aliphatic rings. The lowest BCUT2D eigenvalue weighted by atomic mass is 10.3. The largest absolute Gasteiger partial charge is 0.322 e. The molecule has 0 heterocycles. The van der Waals surface area contributed by atoms with Crippen LogP contribution in [-0.2, 0) is 4.79 Å². The van der Waals surface area contributed by atoms with Crippen molar-refractivity contribution in [3.05, 3.63) is 40.7 Å². The van der Waals surface area contributed by atoms with Gasteiger partial charge in [0.25, 0.3) is 0 Å². The summed E-state index contributed by atoms with van der Waals surface area (Å²) in [6.07, 6.45) is 1.46. The molecule has 1 aromatic rings. The van der Waals surface area contributed by atoms with Crippen molar-refractivity contribution in [2.45, 2.75) is 13.8 Å². The maximum Gasteiger partial charge on any atom is 0.248 e. The first-order valence-electron chi connectivity index (χ1n) is 4.40. The fraction of sp³-hybridized carbons (Fsp3) is 0.182. The Morgan fingerprint density at radius 1 is 1.47 bits per heavy atom. The van der Waals surface area contributed by atoms with E-state index < -0.39 is 5.82 Å². The average molecular weight is 228 g/mol. The molecule has 0 aliphatic carbocycles. The summed E-state index contributed by atoms with van der Waals surface area (Å²) in [5.74, 6) is -0.755. The summed E-state index contributed by atoms with van der Waals surface area (Å²) in [7, 11) is 0. The van der Waals surface area contributed by atoms with Crippen LogP contribution < -0.4 is 5.32 Å². The maximum absolute atomic E-state index is 12.8. The highest BCUT2D eigenvalue weighted by Crippen LogP contribution is 2.19. The van der Waals surface area contributed by atoms with Crippen LogP contribution in [0.1, 0.15) is 13.8 Å². The van der Waals surface area contributed by atoms with Crippen LogP contribution in [0.2, 0.25) is 5.02 Å². The van der Waals surface area contributed by atoms with Crippen molar-refractivity contribution in [2.75, 3.05) is 5.32 Å². The number of carbonyl (C=O) groups excluding carboxylic acids is 1. The summed E-state index contributed by atoms with van der Waals surface area (Å²) < 4.78 is 12.8. The second-order valence-corrected chi connectivity index (χ2v) is 3.75. The first kappa shape index (κ1) is 11.7. The summed E-state index contributed by atoms with van der Waals surface area (Å²) in [5.41, 5.74) is 1.37. The number of benzene rings is 1. The van der Waals surface area contributed by atoms with Gasteiger partial charge in [0.1, 0.15) is 5.82 Å². The molecule has 0 radical (unpaired) electrons. The first-order valence-corrected chi connectivity index (χ1v) is 4.78. The van der Waals surface area contributed by atoms with Crippen molar-refractivity contribution < 1.29 is 9.18 Å². The lowest BCUT2D eigenvalue weighted by molar-refractivity contribution is -0.111. The average Bonchev–Trinajstić information content (AvgIpc) is 2.10. The molecule has 0 bridgehead atoms. The SMILES string of the molecule is CC(C)=CC(=O)Nc1ccc(F)c(Cl)c1. The minimum atomic E-state index is -0.503. The molecular formula is C11H11ClFNO. The molecule has 4 heteroatoms. The van der Waals surface area contributed by atoms with Crippen LogP contribution in [-0.4, -0.2) is 5.91 Å². The molecular weight excluding hydrogens is 217 g/mol. The number of nitrogens with one attached hydrogen (secondary N) is 1. The number of amides is 1. The van der Waals surface area contributed by atoms with Gasteiger partial charge in [-0.15, -0.1) is 0 Å². The second kappa shape index (κ2) is 4.94. The molecule has 0 spiro atoms. The Labute approximate surface area is 92.7 Å². The van der Waals surface area contributed by atoms with Crippen LogP contribution in [0.25, 0.3) is 0 Å². The lowest BCUT2D eigenvalue weighted by Gasteiger charge is -2.03. The third kappa shape index (κ3) is 3.72. The van der Waals surface area contributed by atoms with Gasteiger partial charge >= 0.3 is 0 Å². The van der Waals surface area contributed by atoms with E-state index in [1.807, 2.05) is 13.8 Å². The zero-order chi connectivity index (χ0) is 11.4. The molecule has 0 aromatic heterocycles. The summed E-state index contributed by atoms with van der Waals surface area (Å²) >= 11 is 5.56. The van der Waals surface area contributed by atoms with Crippen molar-refractivity contribution >= 4 is 23.2 Å². The molecule has 2 nitrogen and oxygen atoms in total. The molecule has 80 valence electrons. The molecule has 0 unspecified atom stereocenters. The molecule has 1 N–H and O–H groups in total. The minimum absolute atomic E-state index is 0.00926. The van der Waals surface area contributed by atoms with Gasteiger partial charge in [-0.25, -0.2) is 4.39 Å². The molecule has 15 heavy (non-hydrogen) atoms. The van der Waals surface area contributed by atoms with E-state index in [4.69, 9.17) is 11.6 Å². The number of carbonyl (C=O) groups is 1. The summed E-state index contributed by atoms with van der Waals surface area (Å²) in [5, 5.41) is 2.57. The normalized spacial score (nSPS) is 9.60. The van der Waals surface area contributed by atoms with Crippen molar-refractivity contribution in [3.63, 3.8) is 0 Å². The highest BCUT2D eigenvalue weighted by atomic mass is 35.5. The van der Waals surface area contributed by atoms with E-state index in [0.717, 1.165) is 5.57 Å². The molecule has 0 saturated carbocycles. The number of rotatable bonds is 2. The Morgan fingerprint density at radius 2 is 2.13 bits per heavy atom. The number of halogens is 2. The summed E-state index contributed by atoms with van der Waals surface area (Å²) in [6.45, 7) is 3.63. The van der Waals surface area contributed by atoms with Crippen molar-refractivity contribution in [2.24, 2.45) is 0 Å². The highest BCUT2D eigenvalue weighted by Gasteiger charge is 2.02. The van der Waals surface area contributed by atoms with Gasteiger partial charge in [0.2, 0.25) is 5.91 Å². The van der Waals surface area contributed by atoms with E-state index in [0.29, 0.717) is 5.69 Å². The number of hydrogen-bond acceptors (Lipinski definition) is 1. The molecule has 0 atom stereocenters. The smallest absolute Gasteiger partial charge is 0.248 e. The predicted molar refractivity (Wildman–Crippen MR) is 59.5 cm³/mol. The molecule has 0 saturated heterocycles. The monoisotopic (exact) mass is 227 g/mol. The van der Waals surface area contributed by atoms with E-state index in [1.54, 1.807) is 0 Å². The van der Waals surface area contributed by atoms with Gasteiger partial charge in [0.05, 0.1) is 5.02 Å². The lowest BCUT2D eigenvalue weighted by Crippen LogP contribution is -2.08. The van der Waals surface area contributed by atoms with Crippen LogP contribution in [0, 0.1) is 5.82 Å². The topological polar surface area (TPSA) is 29.1 Å². The Hall–Kier alpha value is -1.35. The second-order valence-electron chi connectivity index (χ2n) is 3.34. The molecule has 1 amide bonds. The zero-order valence-electron chi connectivity index (χ0n) is 8.47. The van der Waals surface area contributed by atoms with E-state index in [2.05, 4.69) is 5.32 Å². The Morgan fingerprint density at radius 3 is 2.67 bits per heavy atom. The Balaban J connectivity index is 2.78. The van der Waals surface area contributed by atoms with Crippen LogP contribution >= 0.6 is 11.6 Å². The van der Waals surface area contributed by atoms with Gasteiger partial charge in [-0.3, -0.25) is 4.79 Å². The minimum Gasteiger partial charge on any atom is -0.322 e. The van der Waals surface area contributed by atoms with Crippen molar-refractivity contribution in [1.82, 2.24) is 0 Å². The Bertz CT molecular complexity index is 411. The molecule has 0 fully saturated rings. The van der Waals surface area contributed by atoms with E-state index in [9.17, 15) is 9.18 Å². The summed E-state index contributed by atoms with van der Waals surface area (Å²) in [4.78, 5) is 11.3. The van der Waals surface area contributed by atoms with E-state index in [1.165, 1.54) is 24.3 Å². The molecule has 1 aromatic carbocycles. The number of allylic oxidation sites excluding steroid dienone is 1. The highest BCUT2D eigenvalue weighted by molar-refractivity contribution is 6.31. The number of hydrogen-bond donors (Lipinski definition) is 1. The maximum atomic E-state index is 12.8. The van der Waals surface area contributed by atoms with Crippen LogP contribution in [0.4, 0.5) is 10.1 Å². The first-order chi connectivity index (χ1) is 6.99. The fourth-order valence-corrected chi connectivity index (χ4v) is 1.19. The molecule has 1 rings (SSSR count). The van der Waals surface area contributed by atoms with Gasteiger partial charge in [-0.05, 0) is 32.0 Å². The van der Waals surface area contributed by atoms with E-state index >= 15 is 0 Å². The third-order valence-corrected chi connectivity index (χ3v) is 1.90. The van der Waals surface area contributed by atoms with Crippen molar-refractivity contribution in [1.29, 1.82) is 0 Å². The molecule has 0 aliphatic heterocycles. The van der Waals surface area contributed by atoms with Crippen LogP contribution in [0.3, 0.4) is 0 Å². The quantitative estimate of drug-likeness (QED) is 0.771. The van der Waals surface area contributed by atoms with Gasteiger partial charge in [0, 0.05) is 11.8 Å². The van der Waals surface area contributed by atoms with Gasteiger partial charge in [0.15, 0.2) is 0 Å². The predicted octanol–water partition coefficient (Wildman–Crippen LogP) is 3.38. The standard InChI is InChI=1S/C11H11ClFNO/c1-7(2)5-11(15)14-8-3-4-10(13)9(12)6-8/h3-6H,1-2H3,(H,14,15). The van der Waals surface area contributed by atoms with E-state index in [-0.39, 0.29) is 10.9 Å². The Kier molecular flexibility index (Phi) is 3.86. The zero-order valence-corrected chi connectivity index (χ0v) is 9.23. The third-order valence-electron chi connectivity index (χ3n) is 1.61. The van der Waals surface area contributed by atoms with Crippen molar-refractivity contribution in [3.8, 4) is 0 Å². The van der Waals surface area contributed by atoms with Gasteiger partial charge in [-0.2, -0.15) is 0 Å². The summed E-state index contributed by atoms with van der Waals surface area (Å²) in [6, 6.07) is 4.03.